The summed E-state index contributed by atoms with van der Waals surface area (Å²) in [6, 6.07) is 0. The minimum Gasteiger partial charge on any atom is -0.493 e. The van der Waals surface area contributed by atoms with Gasteiger partial charge in [-0.05, 0) is 0 Å². The zero-order valence-electron chi connectivity index (χ0n) is 7.12. The van der Waals surface area contributed by atoms with Gasteiger partial charge in [0.2, 0.25) is 0 Å². The van der Waals surface area contributed by atoms with E-state index in [0.717, 1.165) is 4.68 Å². The Labute approximate surface area is 73.1 Å². The Morgan fingerprint density at radius 2 is 2.31 bits per heavy atom. The average Bonchev–Trinajstić information content (AvgIpc) is 2.45. The summed E-state index contributed by atoms with van der Waals surface area (Å²) in [5, 5.41) is 3.63. The lowest BCUT2D eigenvalue weighted by Crippen LogP contribution is -2.15. The van der Waals surface area contributed by atoms with Crippen molar-refractivity contribution in [3.63, 3.8) is 0 Å². The summed E-state index contributed by atoms with van der Waals surface area (Å²) in [6.07, 6.45) is -1.82. The van der Waals surface area contributed by atoms with Gasteiger partial charge in [0.15, 0.2) is 11.4 Å². The fourth-order valence-corrected chi connectivity index (χ4v) is 0.951. The second kappa shape index (κ2) is 3.51. The first-order valence-corrected chi connectivity index (χ1v) is 3.46. The van der Waals surface area contributed by atoms with E-state index in [4.69, 9.17) is 4.74 Å². The lowest BCUT2D eigenvalue weighted by Gasteiger charge is -2.02. The zero-order chi connectivity index (χ0) is 10.0. The van der Waals surface area contributed by atoms with E-state index >= 15 is 0 Å². The second-order valence-electron chi connectivity index (χ2n) is 2.35. The van der Waals surface area contributed by atoms with Crippen molar-refractivity contribution < 1.29 is 18.3 Å². The number of nitrogens with zero attached hydrogens (tertiary/aromatic N) is 2. The second-order valence-corrected chi connectivity index (χ2v) is 2.35. The summed E-state index contributed by atoms with van der Waals surface area (Å²) >= 11 is 0. The maximum Gasteiger partial charge on any atom is 0.302 e. The number of ether oxygens (including phenoxy) is 1. The van der Waals surface area contributed by atoms with E-state index in [-0.39, 0.29) is 11.4 Å². The minimum atomic E-state index is -3.04. The molecule has 72 valence electrons. The first-order chi connectivity index (χ1) is 6.07. The largest absolute Gasteiger partial charge is 0.493 e. The number of hydrogen-bond donors (Lipinski definition) is 0. The first-order valence-electron chi connectivity index (χ1n) is 3.46. The number of rotatable bonds is 3. The predicted octanol–water partition coefficient (Wildman–Crippen LogP) is 0.877. The van der Waals surface area contributed by atoms with Crippen molar-refractivity contribution >= 4 is 5.78 Å². The molecule has 1 heterocycles. The van der Waals surface area contributed by atoms with Gasteiger partial charge in [0.25, 0.3) is 5.78 Å². The van der Waals surface area contributed by atoms with Crippen LogP contribution in [0.25, 0.3) is 0 Å². The van der Waals surface area contributed by atoms with Crippen molar-refractivity contribution in [1.82, 2.24) is 9.78 Å². The molecular weight excluding hydrogens is 182 g/mol. The van der Waals surface area contributed by atoms with Crippen LogP contribution in [-0.4, -0.2) is 29.1 Å². The Hall–Kier alpha value is -1.46. The first kappa shape index (κ1) is 9.63. The van der Waals surface area contributed by atoms with Gasteiger partial charge < -0.3 is 4.74 Å². The van der Waals surface area contributed by atoms with E-state index in [9.17, 15) is 13.6 Å². The SMILES string of the molecule is COc1cnn(C)c1C(=O)C(F)F. The number of carbonyl (C=O) groups excluding carboxylic acids is 1. The molecule has 0 aliphatic rings. The van der Waals surface area contributed by atoms with Crippen LogP contribution in [-0.2, 0) is 7.05 Å². The number of alkyl halides is 2. The van der Waals surface area contributed by atoms with Gasteiger partial charge >= 0.3 is 6.43 Å². The third-order valence-corrected chi connectivity index (χ3v) is 1.56. The number of ketones is 1. The van der Waals surface area contributed by atoms with Gasteiger partial charge in [0.05, 0.1) is 13.3 Å². The predicted molar refractivity (Wildman–Crippen MR) is 40.1 cm³/mol. The van der Waals surface area contributed by atoms with Crippen LogP contribution in [0.15, 0.2) is 6.20 Å². The lowest BCUT2D eigenvalue weighted by molar-refractivity contribution is 0.0665. The molecule has 6 heteroatoms. The fraction of sp³-hybridized carbons (Fsp3) is 0.429. The Balaban J connectivity index is 3.11. The molecule has 0 amide bonds. The number of halogens is 2. The van der Waals surface area contributed by atoms with Gasteiger partial charge in [-0.25, -0.2) is 8.78 Å². The maximum absolute atomic E-state index is 12.0. The molecule has 0 atom stereocenters. The van der Waals surface area contributed by atoms with E-state index < -0.39 is 12.2 Å². The molecule has 1 aromatic rings. The maximum atomic E-state index is 12.0. The van der Waals surface area contributed by atoms with E-state index in [1.807, 2.05) is 0 Å². The molecule has 0 fully saturated rings. The number of Topliss-reactive ketones (excluding diaryl/α,β-unsaturated/α-hetero) is 1. The van der Waals surface area contributed by atoms with E-state index in [0.29, 0.717) is 0 Å². The molecule has 0 spiro atoms. The standard InChI is InChI=1S/C7H8F2N2O2/c1-11-5(6(12)7(8)9)4(13-2)3-10-11/h3,7H,1-2H3. The highest BCUT2D eigenvalue weighted by Crippen LogP contribution is 2.19. The molecule has 0 unspecified atom stereocenters. The molecule has 0 aliphatic carbocycles. The van der Waals surface area contributed by atoms with Crippen molar-refractivity contribution in [2.24, 2.45) is 7.05 Å². The highest BCUT2D eigenvalue weighted by atomic mass is 19.3. The summed E-state index contributed by atoms with van der Waals surface area (Å²) < 4.78 is 29.8. The number of aromatic nitrogens is 2. The molecule has 13 heavy (non-hydrogen) atoms. The molecule has 0 N–H and O–H groups in total. The fourth-order valence-electron chi connectivity index (χ4n) is 0.951. The van der Waals surface area contributed by atoms with Crippen molar-refractivity contribution in [2.45, 2.75) is 6.43 Å². The number of hydrogen-bond acceptors (Lipinski definition) is 3. The van der Waals surface area contributed by atoms with Crippen molar-refractivity contribution in [3.05, 3.63) is 11.9 Å². The summed E-state index contributed by atoms with van der Waals surface area (Å²) in [5.41, 5.74) is -0.211. The smallest absolute Gasteiger partial charge is 0.302 e. The van der Waals surface area contributed by atoms with Crippen LogP contribution >= 0.6 is 0 Å². The molecule has 0 bridgehead atoms. The van der Waals surface area contributed by atoms with Crippen LogP contribution in [0, 0.1) is 0 Å². The molecule has 4 nitrogen and oxygen atoms in total. The Kier molecular flexibility index (Phi) is 2.60. The Bertz CT molecular complexity index is 322. The van der Waals surface area contributed by atoms with Crippen molar-refractivity contribution in [2.75, 3.05) is 7.11 Å². The van der Waals surface area contributed by atoms with Crippen LogP contribution in [0.2, 0.25) is 0 Å². The molecule has 1 rings (SSSR count). The monoisotopic (exact) mass is 190 g/mol. The van der Waals surface area contributed by atoms with E-state index in [1.165, 1.54) is 20.4 Å². The van der Waals surface area contributed by atoms with Crippen molar-refractivity contribution in [3.8, 4) is 5.75 Å². The summed E-state index contributed by atoms with van der Waals surface area (Å²) in [7, 11) is 2.69. The third-order valence-electron chi connectivity index (χ3n) is 1.56. The van der Waals surface area contributed by atoms with Crippen LogP contribution in [0.1, 0.15) is 10.5 Å². The number of aryl methyl sites for hydroxylation is 1. The topological polar surface area (TPSA) is 44.1 Å². The van der Waals surface area contributed by atoms with Crippen LogP contribution in [0.5, 0.6) is 5.75 Å². The zero-order valence-corrected chi connectivity index (χ0v) is 7.12. The van der Waals surface area contributed by atoms with E-state index in [1.54, 1.807) is 0 Å². The molecule has 0 aliphatic heterocycles. The molecule has 0 aromatic carbocycles. The normalized spacial score (nSPS) is 10.5. The third kappa shape index (κ3) is 1.66. The minimum absolute atomic E-state index is 0.0628. The average molecular weight is 190 g/mol. The Morgan fingerprint density at radius 1 is 1.69 bits per heavy atom. The van der Waals surface area contributed by atoms with Crippen LogP contribution in [0.3, 0.4) is 0 Å². The molecule has 0 saturated carbocycles. The summed E-state index contributed by atoms with van der Waals surface area (Å²) in [6.45, 7) is 0. The van der Waals surface area contributed by atoms with Crippen molar-refractivity contribution in [1.29, 1.82) is 0 Å². The van der Waals surface area contributed by atoms with Gasteiger partial charge in [-0.15, -0.1) is 0 Å². The number of methoxy groups -OCH3 is 1. The highest BCUT2D eigenvalue weighted by molar-refractivity contribution is 5.99. The molecular formula is C7H8F2N2O2. The van der Waals surface area contributed by atoms with Gasteiger partial charge in [-0.2, -0.15) is 5.10 Å². The Morgan fingerprint density at radius 3 is 2.77 bits per heavy atom. The number of carbonyl (C=O) groups is 1. The lowest BCUT2D eigenvalue weighted by atomic mass is 10.3. The van der Waals surface area contributed by atoms with Gasteiger partial charge in [0, 0.05) is 7.05 Å². The molecule has 0 saturated heterocycles. The van der Waals surface area contributed by atoms with Gasteiger partial charge in [0.1, 0.15) is 0 Å². The summed E-state index contributed by atoms with van der Waals surface area (Å²) in [5.74, 6) is -1.22. The quantitative estimate of drug-likeness (QED) is 0.664. The van der Waals surface area contributed by atoms with Crippen LogP contribution in [0.4, 0.5) is 8.78 Å². The molecule has 1 aromatic heterocycles. The van der Waals surface area contributed by atoms with Gasteiger partial charge in [-0.3, -0.25) is 9.48 Å². The van der Waals surface area contributed by atoms with Crippen LogP contribution < -0.4 is 4.74 Å². The van der Waals surface area contributed by atoms with E-state index in [2.05, 4.69) is 5.10 Å². The van der Waals surface area contributed by atoms with Gasteiger partial charge in [-0.1, -0.05) is 0 Å². The molecule has 0 radical (unpaired) electrons. The summed E-state index contributed by atoms with van der Waals surface area (Å²) in [4.78, 5) is 10.9. The highest BCUT2D eigenvalue weighted by Gasteiger charge is 2.25.